The van der Waals surface area contributed by atoms with Gasteiger partial charge in [0.15, 0.2) is 0 Å². The molecule has 0 radical (unpaired) electrons. The monoisotopic (exact) mass is 461 g/mol. The van der Waals surface area contributed by atoms with Crippen LogP contribution in [0.5, 0.6) is 0 Å². The van der Waals surface area contributed by atoms with Crippen molar-refractivity contribution in [2.75, 3.05) is 26.2 Å². The third kappa shape index (κ3) is 3.46. The van der Waals surface area contributed by atoms with E-state index in [0.717, 1.165) is 56.5 Å². The quantitative estimate of drug-likeness (QED) is 0.601. The molecule has 1 aliphatic carbocycles. The normalized spacial score (nSPS) is 22.6. The summed E-state index contributed by atoms with van der Waals surface area (Å²) in [7, 11) is 0. The van der Waals surface area contributed by atoms with Crippen molar-refractivity contribution in [3.63, 3.8) is 0 Å². The summed E-state index contributed by atoms with van der Waals surface area (Å²) in [6.07, 6.45) is 4.99. The lowest BCUT2D eigenvalue weighted by atomic mass is 9.68. The van der Waals surface area contributed by atoms with E-state index in [0.29, 0.717) is 18.0 Å². The molecule has 34 heavy (non-hydrogen) atoms. The first-order valence-electron chi connectivity index (χ1n) is 12.6. The highest BCUT2D eigenvalue weighted by molar-refractivity contribution is 5.87. The van der Waals surface area contributed by atoms with Crippen LogP contribution in [0.15, 0.2) is 48.5 Å². The zero-order valence-corrected chi connectivity index (χ0v) is 19.5. The number of carbonyl (C=O) groups is 1. The zero-order valence-electron chi connectivity index (χ0n) is 19.5. The number of piperidine rings is 1. The largest absolute Gasteiger partial charge is 0.394 e. The molecule has 0 bridgehead atoms. The number of rotatable bonds is 4. The first kappa shape index (κ1) is 21.8. The van der Waals surface area contributed by atoms with Gasteiger partial charge in [0.2, 0.25) is 5.91 Å². The second-order valence-corrected chi connectivity index (χ2v) is 10.4. The van der Waals surface area contributed by atoms with Crippen molar-refractivity contribution in [1.82, 2.24) is 14.8 Å². The Bertz CT molecular complexity index is 1210. The number of carbonyl (C=O) groups excluding carboxylic acids is 1. The maximum Gasteiger partial charge on any atom is 0.225 e. The minimum absolute atomic E-state index is 0.0311. The Hall–Kier alpha value is -2.70. The number of amides is 1. The Labute approximate surface area is 199 Å². The fourth-order valence-corrected chi connectivity index (χ4v) is 6.44. The molecule has 1 spiro atoms. The number of aliphatic hydroxyl groups excluding tert-OH is 1. The van der Waals surface area contributed by atoms with Crippen LogP contribution in [0.25, 0.3) is 10.9 Å². The summed E-state index contributed by atoms with van der Waals surface area (Å²) in [5.41, 5.74) is 3.93. The molecule has 6 heteroatoms. The predicted octanol–water partition coefficient (Wildman–Crippen LogP) is 4.52. The highest BCUT2D eigenvalue weighted by Gasteiger charge is 2.48. The van der Waals surface area contributed by atoms with Crippen molar-refractivity contribution >= 4 is 16.8 Å². The van der Waals surface area contributed by atoms with E-state index >= 15 is 0 Å². The number of H-pyrrole nitrogens is 1. The van der Waals surface area contributed by atoms with Gasteiger partial charge in [-0.2, -0.15) is 0 Å². The van der Waals surface area contributed by atoms with Crippen LogP contribution in [-0.2, 0) is 16.8 Å². The fraction of sp³-hybridized carbons (Fsp3) is 0.464. The number of fused-ring (bicyclic) bond motifs is 4. The van der Waals surface area contributed by atoms with Gasteiger partial charge >= 0.3 is 0 Å². The topological polar surface area (TPSA) is 59.6 Å². The van der Waals surface area contributed by atoms with Crippen LogP contribution in [0.1, 0.15) is 55.0 Å². The molecule has 6 rings (SSSR count). The lowest BCUT2D eigenvalue weighted by molar-refractivity contribution is -0.140. The molecule has 2 N–H and O–H groups in total. The molecule has 178 valence electrons. The van der Waals surface area contributed by atoms with Crippen LogP contribution in [0.3, 0.4) is 0 Å². The van der Waals surface area contributed by atoms with Gasteiger partial charge in [-0.15, -0.1) is 0 Å². The van der Waals surface area contributed by atoms with E-state index in [9.17, 15) is 14.3 Å². The van der Waals surface area contributed by atoms with E-state index in [1.165, 1.54) is 23.4 Å². The Balaban J connectivity index is 1.38. The minimum atomic E-state index is -0.220. The molecule has 1 saturated heterocycles. The zero-order chi connectivity index (χ0) is 23.3. The van der Waals surface area contributed by atoms with Gasteiger partial charge in [-0.3, -0.25) is 9.69 Å². The number of halogens is 1. The van der Waals surface area contributed by atoms with Gasteiger partial charge in [0.1, 0.15) is 5.82 Å². The molecular formula is C28H32FN3O2. The summed E-state index contributed by atoms with van der Waals surface area (Å²) in [6, 6.07) is 15.0. The maximum atomic E-state index is 14.6. The summed E-state index contributed by atoms with van der Waals surface area (Å²) in [5.74, 6) is 0.337. The number of nitrogens with zero attached hydrogens (tertiary/aromatic N) is 2. The molecular weight excluding hydrogens is 429 g/mol. The average molecular weight is 462 g/mol. The Morgan fingerprint density at radius 3 is 2.53 bits per heavy atom. The van der Waals surface area contributed by atoms with Gasteiger partial charge in [-0.05, 0) is 43.4 Å². The fourth-order valence-electron chi connectivity index (χ4n) is 6.44. The van der Waals surface area contributed by atoms with Gasteiger partial charge in [0, 0.05) is 59.7 Å². The van der Waals surface area contributed by atoms with E-state index in [-0.39, 0.29) is 29.8 Å². The molecule has 2 aromatic carbocycles. The first-order valence-corrected chi connectivity index (χ1v) is 12.6. The van der Waals surface area contributed by atoms with Gasteiger partial charge in [-0.25, -0.2) is 4.39 Å². The number of para-hydroxylation sites is 1. The molecule has 1 aromatic heterocycles. The minimum Gasteiger partial charge on any atom is -0.394 e. The Morgan fingerprint density at radius 1 is 1.09 bits per heavy atom. The SMILES string of the molecule is O=C(C1CCC1)N1CCC2(CC1)CN(Cc1ccccc1F)C(CO)c1[nH]c3ccccc3c12. The van der Waals surface area contributed by atoms with Gasteiger partial charge in [-0.1, -0.05) is 42.8 Å². The summed E-state index contributed by atoms with van der Waals surface area (Å²) in [6.45, 7) is 2.67. The van der Waals surface area contributed by atoms with E-state index < -0.39 is 0 Å². The second-order valence-electron chi connectivity index (χ2n) is 10.4. The Morgan fingerprint density at radius 2 is 1.82 bits per heavy atom. The highest BCUT2D eigenvalue weighted by Crippen LogP contribution is 2.49. The van der Waals surface area contributed by atoms with E-state index in [4.69, 9.17) is 0 Å². The number of benzene rings is 2. The number of hydrogen-bond donors (Lipinski definition) is 2. The van der Waals surface area contributed by atoms with Crippen molar-refractivity contribution in [3.8, 4) is 0 Å². The third-order valence-electron chi connectivity index (χ3n) is 8.54. The van der Waals surface area contributed by atoms with Crippen LogP contribution in [0.4, 0.5) is 4.39 Å². The predicted molar refractivity (Wildman–Crippen MR) is 130 cm³/mol. The number of aliphatic hydroxyl groups is 1. The molecule has 5 nitrogen and oxygen atoms in total. The van der Waals surface area contributed by atoms with Crippen molar-refractivity contribution < 1.29 is 14.3 Å². The summed E-state index contributed by atoms with van der Waals surface area (Å²) in [4.78, 5) is 20.9. The van der Waals surface area contributed by atoms with E-state index in [1.54, 1.807) is 6.07 Å². The van der Waals surface area contributed by atoms with Crippen LogP contribution in [-0.4, -0.2) is 52.0 Å². The lowest BCUT2D eigenvalue weighted by Crippen LogP contribution is -2.55. The number of hydrogen-bond acceptors (Lipinski definition) is 3. The van der Waals surface area contributed by atoms with Crippen molar-refractivity contribution in [3.05, 3.63) is 71.2 Å². The molecule has 3 aliphatic rings. The Kier molecular flexibility index (Phi) is 5.46. The lowest BCUT2D eigenvalue weighted by Gasteiger charge is -2.50. The van der Waals surface area contributed by atoms with Gasteiger partial charge in [0.05, 0.1) is 12.6 Å². The summed E-state index contributed by atoms with van der Waals surface area (Å²) in [5, 5.41) is 11.7. The van der Waals surface area contributed by atoms with Crippen molar-refractivity contribution in [1.29, 1.82) is 0 Å². The first-order chi connectivity index (χ1) is 16.6. The molecule has 1 atom stereocenters. The van der Waals surface area contributed by atoms with Crippen molar-refractivity contribution in [2.45, 2.75) is 50.1 Å². The number of aromatic amines is 1. The number of likely N-dealkylation sites (tertiary alicyclic amines) is 1. The van der Waals surface area contributed by atoms with E-state index in [2.05, 4.69) is 33.0 Å². The second kappa shape index (κ2) is 8.51. The third-order valence-corrected chi connectivity index (χ3v) is 8.54. The summed E-state index contributed by atoms with van der Waals surface area (Å²) >= 11 is 0. The van der Waals surface area contributed by atoms with Crippen molar-refractivity contribution in [2.24, 2.45) is 5.92 Å². The molecule has 1 amide bonds. The van der Waals surface area contributed by atoms with Crippen LogP contribution < -0.4 is 0 Å². The van der Waals surface area contributed by atoms with E-state index in [1.807, 2.05) is 18.2 Å². The molecule has 1 saturated carbocycles. The molecule has 3 heterocycles. The number of aromatic nitrogens is 1. The maximum absolute atomic E-state index is 14.6. The average Bonchev–Trinajstić information content (AvgIpc) is 3.20. The van der Waals surface area contributed by atoms with Crippen LogP contribution >= 0.6 is 0 Å². The highest BCUT2D eigenvalue weighted by atomic mass is 19.1. The molecule has 3 aromatic rings. The molecule has 2 aliphatic heterocycles. The molecule has 1 unspecified atom stereocenters. The smallest absolute Gasteiger partial charge is 0.225 e. The number of nitrogens with one attached hydrogen (secondary N) is 1. The van der Waals surface area contributed by atoms with Gasteiger partial charge < -0.3 is 15.0 Å². The molecule has 2 fully saturated rings. The van der Waals surface area contributed by atoms with Gasteiger partial charge in [0.25, 0.3) is 0 Å². The summed E-state index contributed by atoms with van der Waals surface area (Å²) < 4.78 is 14.6. The van der Waals surface area contributed by atoms with Crippen LogP contribution in [0.2, 0.25) is 0 Å². The van der Waals surface area contributed by atoms with Crippen LogP contribution in [0, 0.1) is 11.7 Å². The standard InChI is InChI=1S/C28H32FN3O2/c29-22-10-3-1-6-20(22)16-32-18-28(12-14-31(15-13-28)27(34)19-7-5-8-19)25-21-9-2-4-11-23(21)30-26(25)24(32)17-33/h1-4,6,9-11,19,24,30,33H,5,7-8,12-18H2.